The van der Waals surface area contributed by atoms with Crippen molar-refractivity contribution in [2.24, 2.45) is 5.92 Å². The highest BCUT2D eigenvalue weighted by molar-refractivity contribution is 6.00. The number of aliphatic hydroxyl groups is 1. The number of hydrogen-bond donors (Lipinski definition) is 2. The van der Waals surface area contributed by atoms with Gasteiger partial charge in [-0.15, -0.1) is 0 Å². The summed E-state index contributed by atoms with van der Waals surface area (Å²) in [5.74, 6) is 0.181. The van der Waals surface area contributed by atoms with Crippen molar-refractivity contribution in [2.45, 2.75) is 19.8 Å². The van der Waals surface area contributed by atoms with Crippen molar-refractivity contribution < 1.29 is 9.90 Å². The van der Waals surface area contributed by atoms with E-state index in [2.05, 4.69) is 15.5 Å². The Hall–Kier alpha value is -2.21. The van der Waals surface area contributed by atoms with Crippen LogP contribution in [0.1, 0.15) is 18.5 Å². The third kappa shape index (κ3) is 3.01. The molecule has 1 aromatic heterocycles. The summed E-state index contributed by atoms with van der Waals surface area (Å²) in [5, 5.41) is 21.3. The molecule has 0 radical (unpaired) electrons. The molecule has 1 aliphatic heterocycles. The molecule has 1 fully saturated rings. The number of aryl methyl sites for hydroxylation is 1. The van der Waals surface area contributed by atoms with Crippen molar-refractivity contribution in [1.82, 2.24) is 15.1 Å². The van der Waals surface area contributed by atoms with Crippen LogP contribution in [-0.4, -0.2) is 45.9 Å². The Morgan fingerprint density at radius 2 is 2.32 bits per heavy atom. The van der Waals surface area contributed by atoms with Crippen molar-refractivity contribution in [2.75, 3.05) is 25.0 Å². The van der Waals surface area contributed by atoms with Gasteiger partial charge >= 0.3 is 6.03 Å². The molecular weight excluding hydrogens is 280 g/mol. The molecule has 1 atom stereocenters. The van der Waals surface area contributed by atoms with Crippen molar-refractivity contribution in [3.8, 4) is 0 Å². The van der Waals surface area contributed by atoms with Crippen molar-refractivity contribution in [3.63, 3.8) is 0 Å². The summed E-state index contributed by atoms with van der Waals surface area (Å²) in [4.78, 5) is 14.2. The Morgan fingerprint density at radius 1 is 1.45 bits per heavy atom. The van der Waals surface area contributed by atoms with E-state index in [9.17, 15) is 9.90 Å². The number of benzene rings is 1. The minimum Gasteiger partial charge on any atom is -0.396 e. The van der Waals surface area contributed by atoms with Gasteiger partial charge in [0.1, 0.15) is 0 Å². The molecule has 2 heterocycles. The fourth-order valence-corrected chi connectivity index (χ4v) is 2.86. The number of anilines is 1. The molecule has 6 heteroatoms. The van der Waals surface area contributed by atoms with Gasteiger partial charge in [-0.2, -0.15) is 10.2 Å². The maximum absolute atomic E-state index is 12.5. The van der Waals surface area contributed by atoms with Gasteiger partial charge in [-0.1, -0.05) is 6.07 Å². The third-order valence-corrected chi connectivity index (χ3v) is 4.06. The van der Waals surface area contributed by atoms with E-state index in [-0.39, 0.29) is 18.6 Å². The molecule has 0 spiro atoms. The smallest absolute Gasteiger partial charge is 0.321 e. The number of carbonyl (C=O) groups excluding carboxylic acids is 1. The first-order valence-electron chi connectivity index (χ1n) is 7.57. The van der Waals surface area contributed by atoms with E-state index in [0.29, 0.717) is 6.54 Å². The van der Waals surface area contributed by atoms with E-state index in [1.54, 1.807) is 4.90 Å². The normalized spacial score (nSPS) is 18.5. The zero-order valence-electron chi connectivity index (χ0n) is 12.6. The summed E-state index contributed by atoms with van der Waals surface area (Å²) in [7, 11) is 0. The topological polar surface area (TPSA) is 78.4 Å². The Labute approximate surface area is 129 Å². The van der Waals surface area contributed by atoms with E-state index in [1.165, 1.54) is 0 Å². The average Bonchev–Trinajstić information content (AvgIpc) is 2.55. The molecule has 6 nitrogen and oxygen atoms in total. The van der Waals surface area contributed by atoms with E-state index in [1.807, 2.05) is 31.2 Å². The van der Waals surface area contributed by atoms with Gasteiger partial charge in [-0.25, -0.2) is 4.79 Å². The highest BCUT2D eigenvalue weighted by Crippen LogP contribution is 2.23. The molecule has 1 saturated heterocycles. The predicted octanol–water partition coefficient (Wildman–Crippen LogP) is 2.17. The number of carbonyl (C=O) groups is 1. The second-order valence-electron chi connectivity index (χ2n) is 5.79. The lowest BCUT2D eigenvalue weighted by Gasteiger charge is -2.31. The first-order chi connectivity index (χ1) is 10.7. The maximum Gasteiger partial charge on any atom is 0.321 e. The Balaban J connectivity index is 1.80. The molecule has 2 N–H and O–H groups in total. The average molecular weight is 300 g/mol. The molecule has 2 aromatic rings. The lowest BCUT2D eigenvalue weighted by Crippen LogP contribution is -2.43. The molecule has 22 heavy (non-hydrogen) atoms. The third-order valence-electron chi connectivity index (χ3n) is 4.06. The van der Waals surface area contributed by atoms with Crippen LogP contribution in [0.15, 0.2) is 24.3 Å². The number of likely N-dealkylation sites (tertiary alicyclic amines) is 1. The Bertz CT molecular complexity index is 689. The minimum absolute atomic E-state index is 0.125. The van der Waals surface area contributed by atoms with Crippen molar-refractivity contribution in [3.05, 3.63) is 30.0 Å². The van der Waals surface area contributed by atoms with Gasteiger partial charge < -0.3 is 15.3 Å². The van der Waals surface area contributed by atoms with Crippen LogP contribution in [0.4, 0.5) is 10.5 Å². The first-order valence-corrected chi connectivity index (χ1v) is 7.57. The van der Waals surface area contributed by atoms with E-state index < -0.39 is 0 Å². The second-order valence-corrected chi connectivity index (χ2v) is 5.79. The maximum atomic E-state index is 12.5. The number of amides is 2. The molecule has 116 valence electrons. The lowest BCUT2D eigenvalue weighted by atomic mass is 9.99. The largest absolute Gasteiger partial charge is 0.396 e. The highest BCUT2D eigenvalue weighted by atomic mass is 16.3. The molecule has 1 aromatic carbocycles. The van der Waals surface area contributed by atoms with Gasteiger partial charge in [0.2, 0.25) is 0 Å². The zero-order chi connectivity index (χ0) is 15.5. The van der Waals surface area contributed by atoms with Gasteiger partial charge in [-0.05, 0) is 43.9 Å². The van der Waals surface area contributed by atoms with Crippen molar-refractivity contribution >= 4 is 22.6 Å². The number of fused-ring (bicyclic) bond motifs is 1. The van der Waals surface area contributed by atoms with Crippen LogP contribution in [0.3, 0.4) is 0 Å². The fraction of sp³-hybridized carbons (Fsp3) is 0.438. The van der Waals surface area contributed by atoms with Gasteiger partial charge in [0.25, 0.3) is 0 Å². The highest BCUT2D eigenvalue weighted by Gasteiger charge is 2.23. The SMILES string of the molecule is Cc1cc2c(NC(=O)N3CCC[C@@H](CO)C3)cccc2nn1. The van der Waals surface area contributed by atoms with E-state index in [4.69, 9.17) is 0 Å². The molecule has 0 bridgehead atoms. The lowest BCUT2D eigenvalue weighted by molar-refractivity contribution is 0.136. The predicted molar refractivity (Wildman–Crippen MR) is 84.7 cm³/mol. The molecule has 0 aliphatic carbocycles. The van der Waals surface area contributed by atoms with Crippen LogP contribution < -0.4 is 5.32 Å². The van der Waals surface area contributed by atoms with Crippen LogP contribution >= 0.6 is 0 Å². The van der Waals surface area contributed by atoms with Crippen LogP contribution in [-0.2, 0) is 0 Å². The van der Waals surface area contributed by atoms with Crippen LogP contribution in [0.5, 0.6) is 0 Å². The summed E-state index contributed by atoms with van der Waals surface area (Å²) in [6, 6.07) is 7.40. The van der Waals surface area contributed by atoms with E-state index >= 15 is 0 Å². The number of rotatable bonds is 2. The summed E-state index contributed by atoms with van der Waals surface area (Å²) < 4.78 is 0. The Morgan fingerprint density at radius 3 is 3.14 bits per heavy atom. The number of hydrogen-bond acceptors (Lipinski definition) is 4. The summed E-state index contributed by atoms with van der Waals surface area (Å²) in [6.07, 6.45) is 1.90. The summed E-state index contributed by atoms with van der Waals surface area (Å²) in [6.45, 7) is 3.34. The summed E-state index contributed by atoms with van der Waals surface area (Å²) in [5.41, 5.74) is 2.31. The minimum atomic E-state index is -0.125. The van der Waals surface area contributed by atoms with Gasteiger partial charge in [0.05, 0.1) is 16.9 Å². The number of piperidine rings is 1. The van der Waals surface area contributed by atoms with Crippen molar-refractivity contribution in [1.29, 1.82) is 0 Å². The van der Waals surface area contributed by atoms with Gasteiger partial charge in [0.15, 0.2) is 0 Å². The number of urea groups is 1. The molecule has 0 unspecified atom stereocenters. The molecule has 1 aliphatic rings. The fourth-order valence-electron chi connectivity index (χ4n) is 2.86. The zero-order valence-corrected chi connectivity index (χ0v) is 12.6. The monoisotopic (exact) mass is 300 g/mol. The molecule has 2 amide bonds. The van der Waals surface area contributed by atoms with Gasteiger partial charge in [0, 0.05) is 25.1 Å². The number of aliphatic hydroxyl groups excluding tert-OH is 1. The molecule has 3 rings (SSSR count). The number of nitrogens with one attached hydrogen (secondary N) is 1. The Kier molecular flexibility index (Phi) is 4.20. The number of nitrogens with zero attached hydrogens (tertiary/aromatic N) is 3. The quantitative estimate of drug-likeness (QED) is 0.891. The van der Waals surface area contributed by atoms with E-state index in [0.717, 1.165) is 41.7 Å². The first kappa shape index (κ1) is 14.7. The summed E-state index contributed by atoms with van der Waals surface area (Å²) >= 11 is 0. The van der Waals surface area contributed by atoms with Crippen LogP contribution in [0.25, 0.3) is 10.9 Å². The van der Waals surface area contributed by atoms with Gasteiger partial charge in [-0.3, -0.25) is 0 Å². The standard InChI is InChI=1S/C16H20N4O2/c1-11-8-13-14(5-2-6-15(13)19-18-11)17-16(22)20-7-3-4-12(9-20)10-21/h2,5-6,8,12,21H,3-4,7,9-10H2,1H3,(H,17,22)/t12-/m1/s1. The van der Waals surface area contributed by atoms with Crippen LogP contribution in [0, 0.1) is 12.8 Å². The molecular formula is C16H20N4O2. The number of aromatic nitrogens is 2. The molecule has 0 saturated carbocycles. The van der Waals surface area contributed by atoms with Crippen LogP contribution in [0.2, 0.25) is 0 Å². The second kappa shape index (κ2) is 6.27.